The number of aromatic nitrogens is 2. The van der Waals surface area contributed by atoms with E-state index < -0.39 is 18.1 Å². The summed E-state index contributed by atoms with van der Waals surface area (Å²) >= 11 is 0. The van der Waals surface area contributed by atoms with Gasteiger partial charge in [-0.15, -0.1) is 0 Å². The van der Waals surface area contributed by atoms with Crippen molar-refractivity contribution in [1.82, 2.24) is 15.1 Å². The number of Topliss-reactive ketones (excluding diaryl/α,β-unsaturated/α-hetero) is 1. The second-order valence-corrected chi connectivity index (χ2v) is 5.74. The summed E-state index contributed by atoms with van der Waals surface area (Å²) in [7, 11) is 1.59. The maximum Gasteiger partial charge on any atom is 0.408 e. The van der Waals surface area contributed by atoms with E-state index in [0.717, 1.165) is 11.0 Å². The van der Waals surface area contributed by atoms with Crippen molar-refractivity contribution in [3.8, 4) is 6.07 Å². The van der Waals surface area contributed by atoms with Crippen LogP contribution < -0.4 is 5.32 Å². The normalized spacial score (nSPS) is 11.2. The fourth-order valence-corrected chi connectivity index (χ4v) is 1.56. The van der Waals surface area contributed by atoms with Gasteiger partial charge in [0.25, 0.3) is 0 Å². The van der Waals surface area contributed by atoms with Gasteiger partial charge in [-0.2, -0.15) is 23.5 Å². The first kappa shape index (κ1) is 21.8. The number of nitriles is 1. The molecule has 0 aliphatic rings. The lowest BCUT2D eigenvalue weighted by atomic mass is 9.93. The number of likely N-dealkylation sites (N-methyl/N-ethyl adjacent to an activating group) is 1. The zero-order valence-corrected chi connectivity index (χ0v) is 14.1. The van der Waals surface area contributed by atoms with Crippen LogP contribution in [0.2, 0.25) is 0 Å². The first-order valence-corrected chi connectivity index (χ1v) is 7.09. The molecule has 1 N–H and O–H groups in total. The lowest BCUT2D eigenvalue weighted by molar-refractivity contribution is -0.142. The van der Waals surface area contributed by atoms with E-state index in [9.17, 15) is 22.8 Å². The van der Waals surface area contributed by atoms with E-state index in [0.29, 0.717) is 6.42 Å². The Bertz CT molecular complexity index is 601. The van der Waals surface area contributed by atoms with Gasteiger partial charge in [-0.25, -0.2) is 0 Å². The summed E-state index contributed by atoms with van der Waals surface area (Å²) in [5, 5.41) is 14.5. The van der Waals surface area contributed by atoms with Gasteiger partial charge in [0.15, 0.2) is 5.78 Å². The first-order chi connectivity index (χ1) is 11.0. The number of alkyl halides is 3. The summed E-state index contributed by atoms with van der Waals surface area (Å²) < 4.78 is 37.1. The molecule has 0 spiro atoms. The molecule has 1 aromatic rings. The molecule has 0 bridgehead atoms. The third-order valence-electron chi connectivity index (χ3n) is 2.97. The van der Waals surface area contributed by atoms with Crippen molar-refractivity contribution in [1.29, 1.82) is 5.26 Å². The van der Waals surface area contributed by atoms with Crippen molar-refractivity contribution in [2.75, 3.05) is 13.6 Å². The highest BCUT2D eigenvalue weighted by Gasteiger charge is 2.29. The van der Waals surface area contributed by atoms with Crippen LogP contribution in [-0.4, -0.2) is 41.6 Å². The number of hydrogen-bond donors (Lipinski definition) is 1. The van der Waals surface area contributed by atoms with E-state index >= 15 is 0 Å². The monoisotopic (exact) mass is 346 g/mol. The Morgan fingerprint density at radius 1 is 1.46 bits per heavy atom. The molecule has 0 unspecified atom stereocenters. The zero-order chi connectivity index (χ0) is 19.0. The van der Waals surface area contributed by atoms with Crippen LogP contribution in [-0.2, 0) is 11.3 Å². The Morgan fingerprint density at radius 3 is 2.42 bits per heavy atom. The number of rotatable bonds is 6. The third-order valence-corrected chi connectivity index (χ3v) is 2.97. The predicted molar refractivity (Wildman–Crippen MR) is 81.4 cm³/mol. The Kier molecular flexibility index (Phi) is 8.33. The molecule has 1 aromatic heterocycles. The molecule has 24 heavy (non-hydrogen) atoms. The smallest absolute Gasteiger partial charge is 0.313 e. The molecule has 0 radical (unpaired) electrons. The average Bonchev–Trinajstić information content (AvgIpc) is 2.79. The third kappa shape index (κ3) is 7.87. The summed E-state index contributed by atoms with van der Waals surface area (Å²) in [6, 6.07) is 2.01. The predicted octanol–water partition coefficient (Wildman–Crippen LogP) is 2.28. The summed E-state index contributed by atoms with van der Waals surface area (Å²) in [6.07, 6.45) is -2.08. The van der Waals surface area contributed by atoms with Crippen molar-refractivity contribution in [2.45, 2.75) is 39.9 Å². The minimum Gasteiger partial charge on any atom is -0.313 e. The van der Waals surface area contributed by atoms with E-state index in [-0.39, 0.29) is 23.6 Å². The number of halogens is 3. The largest absolute Gasteiger partial charge is 0.408 e. The summed E-state index contributed by atoms with van der Waals surface area (Å²) in [5.41, 5.74) is -0.0157. The molecule has 0 saturated heterocycles. The molecule has 1 rings (SSSR count). The number of ketones is 1. The minimum absolute atomic E-state index is 0.0819. The number of aldehydes is 1. The first-order valence-electron chi connectivity index (χ1n) is 7.09. The highest BCUT2D eigenvalue weighted by molar-refractivity contribution is 5.98. The molecule has 0 aliphatic carbocycles. The van der Waals surface area contributed by atoms with Gasteiger partial charge < -0.3 is 10.1 Å². The van der Waals surface area contributed by atoms with E-state index in [4.69, 9.17) is 5.26 Å². The standard InChI is InChI=1S/C9H12F3N3O.C6H9NO/c1-6-7(8(16)4-13-2)3-14-15(6)5-9(10,11)12;1-6(2,5-7)3-4-8/h3,13H,4-5H2,1-2H3;4H,3H2,1-2H3. The van der Waals surface area contributed by atoms with Crippen LogP contribution in [0.4, 0.5) is 13.2 Å². The number of carbonyl (C=O) groups is 2. The van der Waals surface area contributed by atoms with E-state index in [1.165, 1.54) is 13.1 Å². The number of nitrogens with one attached hydrogen (secondary N) is 1. The minimum atomic E-state index is -4.33. The Hall–Kier alpha value is -2.21. The Balaban J connectivity index is 0.000000561. The van der Waals surface area contributed by atoms with Crippen LogP contribution in [0.25, 0.3) is 0 Å². The van der Waals surface area contributed by atoms with Gasteiger partial charge in [-0.1, -0.05) is 0 Å². The number of hydrogen-bond acceptors (Lipinski definition) is 5. The Labute approximate surface area is 138 Å². The average molecular weight is 346 g/mol. The quantitative estimate of drug-likeness (QED) is 0.631. The number of carbonyl (C=O) groups excluding carboxylic acids is 2. The molecule has 0 fully saturated rings. The molecule has 0 saturated carbocycles. The van der Waals surface area contributed by atoms with Crippen molar-refractivity contribution in [2.24, 2.45) is 5.41 Å². The van der Waals surface area contributed by atoms with Crippen molar-refractivity contribution in [3.63, 3.8) is 0 Å². The van der Waals surface area contributed by atoms with Crippen LogP contribution in [0.15, 0.2) is 6.20 Å². The fourth-order valence-electron chi connectivity index (χ4n) is 1.56. The molecule has 6 nitrogen and oxygen atoms in total. The zero-order valence-electron chi connectivity index (χ0n) is 14.1. The van der Waals surface area contributed by atoms with Gasteiger partial charge in [0, 0.05) is 12.1 Å². The van der Waals surface area contributed by atoms with Crippen LogP contribution in [0.5, 0.6) is 0 Å². The van der Waals surface area contributed by atoms with Gasteiger partial charge in [-0.05, 0) is 27.8 Å². The Morgan fingerprint density at radius 2 is 2.04 bits per heavy atom. The number of nitrogens with zero attached hydrogens (tertiary/aromatic N) is 3. The summed E-state index contributed by atoms with van der Waals surface area (Å²) in [4.78, 5) is 21.3. The maximum absolute atomic E-state index is 12.1. The van der Waals surface area contributed by atoms with E-state index in [2.05, 4.69) is 10.4 Å². The molecule has 0 amide bonds. The van der Waals surface area contributed by atoms with Crippen LogP contribution >= 0.6 is 0 Å². The van der Waals surface area contributed by atoms with Gasteiger partial charge >= 0.3 is 6.18 Å². The van der Waals surface area contributed by atoms with Crippen LogP contribution in [0.3, 0.4) is 0 Å². The molecule has 134 valence electrons. The maximum atomic E-state index is 12.1. The molecular formula is C15H21F3N4O2. The van der Waals surface area contributed by atoms with Gasteiger partial charge in [-0.3, -0.25) is 9.48 Å². The molecule has 0 aliphatic heterocycles. The van der Waals surface area contributed by atoms with Gasteiger partial charge in [0.2, 0.25) is 0 Å². The van der Waals surface area contributed by atoms with Crippen LogP contribution in [0, 0.1) is 23.7 Å². The van der Waals surface area contributed by atoms with Gasteiger partial charge in [0.05, 0.1) is 29.8 Å². The van der Waals surface area contributed by atoms with Gasteiger partial charge in [0.1, 0.15) is 12.8 Å². The topological polar surface area (TPSA) is 87.8 Å². The molecule has 0 atom stereocenters. The SMILES string of the molecule is CC(C)(C#N)CC=O.CNCC(=O)c1cnn(CC(F)(F)F)c1C. The molecule has 9 heteroatoms. The van der Waals surface area contributed by atoms with Crippen molar-refractivity contribution in [3.05, 3.63) is 17.5 Å². The lowest BCUT2D eigenvalue weighted by Gasteiger charge is -2.08. The second kappa shape index (κ2) is 9.17. The van der Waals surface area contributed by atoms with E-state index in [1.54, 1.807) is 20.9 Å². The van der Waals surface area contributed by atoms with Crippen molar-refractivity contribution < 1.29 is 22.8 Å². The molecule has 0 aromatic carbocycles. The highest BCUT2D eigenvalue weighted by atomic mass is 19.4. The van der Waals surface area contributed by atoms with E-state index in [1.807, 2.05) is 6.07 Å². The fraction of sp³-hybridized carbons (Fsp3) is 0.600. The second-order valence-electron chi connectivity index (χ2n) is 5.74. The van der Waals surface area contributed by atoms with Crippen molar-refractivity contribution >= 4 is 12.1 Å². The van der Waals surface area contributed by atoms with Crippen LogP contribution in [0.1, 0.15) is 36.3 Å². The molecule has 1 heterocycles. The summed E-state index contributed by atoms with van der Waals surface area (Å²) in [5.74, 6) is -0.270. The highest BCUT2D eigenvalue weighted by Crippen LogP contribution is 2.19. The molecular weight excluding hydrogens is 325 g/mol. The lowest BCUT2D eigenvalue weighted by Crippen LogP contribution is -2.21. The summed E-state index contributed by atoms with van der Waals surface area (Å²) in [6.45, 7) is 3.83.